The van der Waals surface area contributed by atoms with Gasteiger partial charge in [-0.1, -0.05) is 35.4 Å². The van der Waals surface area contributed by atoms with E-state index in [1.165, 1.54) is 16.5 Å². The summed E-state index contributed by atoms with van der Waals surface area (Å²) in [5.41, 5.74) is 2.39. The van der Waals surface area contributed by atoms with Crippen LogP contribution in [0.15, 0.2) is 47.4 Å². The predicted molar refractivity (Wildman–Crippen MR) is 79.2 cm³/mol. The van der Waals surface area contributed by atoms with Gasteiger partial charge < -0.3 is 5.11 Å². The highest BCUT2D eigenvalue weighted by Crippen LogP contribution is 2.27. The molecule has 0 atom stereocenters. The lowest BCUT2D eigenvalue weighted by Gasteiger charge is -2.06. The van der Waals surface area contributed by atoms with Gasteiger partial charge in [0.15, 0.2) is 0 Å². The predicted octanol–water partition coefficient (Wildman–Crippen LogP) is 4.64. The molecule has 0 fully saturated rings. The van der Waals surface area contributed by atoms with Gasteiger partial charge in [-0.3, -0.25) is 0 Å². The summed E-state index contributed by atoms with van der Waals surface area (Å²) in [5, 5.41) is 9.37. The first kappa shape index (κ1) is 14.0. The molecule has 2 aromatic carbocycles. The van der Waals surface area contributed by atoms with Crippen molar-refractivity contribution in [1.82, 2.24) is 0 Å². The number of benzene rings is 2. The number of hydrogen-bond donors (Lipinski definition) is 1. The fraction of sp³-hybridized carbons (Fsp3) is 0.133. The lowest BCUT2D eigenvalue weighted by molar-refractivity contribution is 0.0697. The van der Waals surface area contributed by atoms with E-state index < -0.39 is 5.97 Å². The van der Waals surface area contributed by atoms with Crippen LogP contribution in [0.2, 0.25) is 5.02 Å². The molecule has 0 saturated heterocycles. The minimum absolute atomic E-state index is 0.217. The molecule has 0 saturated carbocycles. The van der Waals surface area contributed by atoms with E-state index in [4.69, 9.17) is 16.7 Å². The molecule has 2 nitrogen and oxygen atoms in total. The molecule has 0 aromatic heterocycles. The molecule has 0 aliphatic carbocycles. The van der Waals surface area contributed by atoms with E-state index in [0.29, 0.717) is 5.02 Å². The number of aromatic carboxylic acids is 1. The number of carbonyl (C=O) groups is 1. The molecule has 0 aliphatic heterocycles. The van der Waals surface area contributed by atoms with Crippen molar-refractivity contribution >= 4 is 29.3 Å². The molecule has 98 valence electrons. The van der Waals surface area contributed by atoms with E-state index in [0.717, 1.165) is 11.3 Å². The van der Waals surface area contributed by atoms with Crippen molar-refractivity contribution in [3.63, 3.8) is 0 Å². The van der Waals surface area contributed by atoms with Crippen LogP contribution >= 0.6 is 23.4 Å². The average Bonchev–Trinajstić information content (AvgIpc) is 2.39. The number of aryl methyl sites for hydroxylation is 1. The maximum Gasteiger partial charge on any atom is 0.335 e. The Balaban J connectivity index is 2.07. The van der Waals surface area contributed by atoms with Crippen molar-refractivity contribution in [3.05, 3.63) is 64.2 Å². The standard InChI is InChI=1S/C15H13ClO2S/c1-10-2-6-13(7-3-10)19-9-12-5-4-11(15(17)18)8-14(12)16/h2-8H,9H2,1H3,(H,17,18). The number of halogens is 1. The van der Waals surface area contributed by atoms with Gasteiger partial charge in [0.05, 0.1) is 5.56 Å². The molecule has 1 N–H and O–H groups in total. The molecule has 4 heteroatoms. The summed E-state index contributed by atoms with van der Waals surface area (Å²) < 4.78 is 0. The van der Waals surface area contributed by atoms with Gasteiger partial charge in [0.1, 0.15) is 0 Å². The largest absolute Gasteiger partial charge is 0.478 e. The van der Waals surface area contributed by atoms with Crippen LogP contribution in [0, 0.1) is 6.92 Å². The van der Waals surface area contributed by atoms with Crippen molar-refractivity contribution in [2.24, 2.45) is 0 Å². The smallest absolute Gasteiger partial charge is 0.335 e. The Morgan fingerprint density at radius 3 is 2.47 bits per heavy atom. The number of hydrogen-bond acceptors (Lipinski definition) is 2. The summed E-state index contributed by atoms with van der Waals surface area (Å²) in [5.74, 6) is -0.235. The van der Waals surface area contributed by atoms with E-state index in [-0.39, 0.29) is 5.56 Å². The number of thioether (sulfide) groups is 1. The molecule has 0 aliphatic rings. The van der Waals surface area contributed by atoms with E-state index in [9.17, 15) is 4.79 Å². The van der Waals surface area contributed by atoms with E-state index in [1.54, 1.807) is 23.9 Å². The maximum absolute atomic E-state index is 10.8. The van der Waals surface area contributed by atoms with Gasteiger partial charge in [-0.25, -0.2) is 4.79 Å². The second kappa shape index (κ2) is 6.13. The average molecular weight is 293 g/mol. The van der Waals surface area contributed by atoms with Crippen LogP contribution in [0.1, 0.15) is 21.5 Å². The van der Waals surface area contributed by atoms with Crippen molar-refractivity contribution in [2.45, 2.75) is 17.6 Å². The Kier molecular flexibility index (Phi) is 4.51. The van der Waals surface area contributed by atoms with Gasteiger partial charge in [0.2, 0.25) is 0 Å². The van der Waals surface area contributed by atoms with Crippen LogP contribution < -0.4 is 0 Å². The number of carboxylic acid groups (broad SMARTS) is 1. The minimum Gasteiger partial charge on any atom is -0.478 e. The molecule has 0 bridgehead atoms. The van der Waals surface area contributed by atoms with Gasteiger partial charge >= 0.3 is 5.97 Å². The zero-order valence-electron chi connectivity index (χ0n) is 10.4. The van der Waals surface area contributed by atoms with Crippen LogP contribution in [-0.2, 0) is 5.75 Å². The second-order valence-corrected chi connectivity index (χ2v) is 5.67. The number of rotatable bonds is 4. The highest BCUT2D eigenvalue weighted by molar-refractivity contribution is 7.98. The fourth-order valence-electron chi connectivity index (χ4n) is 1.59. The Bertz CT molecular complexity index is 594. The monoisotopic (exact) mass is 292 g/mol. The van der Waals surface area contributed by atoms with Crippen LogP contribution in [0.3, 0.4) is 0 Å². The summed E-state index contributed by atoms with van der Waals surface area (Å²) in [7, 11) is 0. The first-order valence-corrected chi connectivity index (χ1v) is 7.14. The van der Waals surface area contributed by atoms with Gasteiger partial charge in [-0.15, -0.1) is 11.8 Å². The first-order valence-electron chi connectivity index (χ1n) is 5.77. The zero-order valence-corrected chi connectivity index (χ0v) is 12.0. The Hall–Kier alpha value is -1.45. The normalized spacial score (nSPS) is 10.4. The van der Waals surface area contributed by atoms with Crippen molar-refractivity contribution in [3.8, 4) is 0 Å². The third kappa shape index (κ3) is 3.75. The second-order valence-electron chi connectivity index (χ2n) is 4.21. The van der Waals surface area contributed by atoms with E-state index in [2.05, 4.69) is 31.2 Å². The summed E-state index contributed by atoms with van der Waals surface area (Å²) in [4.78, 5) is 12.0. The summed E-state index contributed by atoms with van der Waals surface area (Å²) in [6.45, 7) is 2.05. The maximum atomic E-state index is 10.8. The highest BCUT2D eigenvalue weighted by atomic mass is 35.5. The summed E-state index contributed by atoms with van der Waals surface area (Å²) >= 11 is 7.77. The highest BCUT2D eigenvalue weighted by Gasteiger charge is 2.07. The summed E-state index contributed by atoms with van der Waals surface area (Å²) in [6, 6.07) is 13.1. The fourth-order valence-corrected chi connectivity index (χ4v) is 2.82. The molecule has 19 heavy (non-hydrogen) atoms. The lowest BCUT2D eigenvalue weighted by atomic mass is 10.1. The van der Waals surface area contributed by atoms with Crippen molar-refractivity contribution in [2.75, 3.05) is 0 Å². The first-order chi connectivity index (χ1) is 9.06. The molecule has 2 rings (SSSR count). The molecule has 0 unspecified atom stereocenters. The molecule has 0 radical (unpaired) electrons. The lowest BCUT2D eigenvalue weighted by Crippen LogP contribution is -1.96. The third-order valence-electron chi connectivity index (χ3n) is 2.72. The van der Waals surface area contributed by atoms with Gasteiger partial charge in [0.25, 0.3) is 0 Å². The van der Waals surface area contributed by atoms with Crippen molar-refractivity contribution < 1.29 is 9.90 Å². The molecule has 0 amide bonds. The Morgan fingerprint density at radius 2 is 1.89 bits per heavy atom. The van der Waals surface area contributed by atoms with Crippen LogP contribution in [0.4, 0.5) is 0 Å². The Labute approximate surface area is 121 Å². The van der Waals surface area contributed by atoms with E-state index in [1.807, 2.05) is 0 Å². The molecular formula is C15H13ClO2S. The number of carboxylic acids is 1. The van der Waals surface area contributed by atoms with Crippen molar-refractivity contribution in [1.29, 1.82) is 0 Å². The molecule has 0 spiro atoms. The quantitative estimate of drug-likeness (QED) is 0.834. The van der Waals surface area contributed by atoms with Gasteiger partial charge in [-0.05, 0) is 36.8 Å². The SMILES string of the molecule is Cc1ccc(SCc2ccc(C(=O)O)cc2Cl)cc1. The van der Waals surface area contributed by atoms with E-state index >= 15 is 0 Å². The van der Waals surface area contributed by atoms with Gasteiger partial charge in [-0.2, -0.15) is 0 Å². The molecule has 0 heterocycles. The topological polar surface area (TPSA) is 37.3 Å². The van der Waals surface area contributed by atoms with Crippen LogP contribution in [-0.4, -0.2) is 11.1 Å². The summed E-state index contributed by atoms with van der Waals surface area (Å²) in [6.07, 6.45) is 0. The Morgan fingerprint density at radius 1 is 1.21 bits per heavy atom. The molecular weight excluding hydrogens is 280 g/mol. The van der Waals surface area contributed by atoms with Crippen LogP contribution in [0.5, 0.6) is 0 Å². The molecule has 2 aromatic rings. The minimum atomic E-state index is -0.959. The van der Waals surface area contributed by atoms with Gasteiger partial charge in [0, 0.05) is 15.7 Å². The zero-order chi connectivity index (χ0) is 13.8. The van der Waals surface area contributed by atoms with Crippen LogP contribution in [0.25, 0.3) is 0 Å². The third-order valence-corrected chi connectivity index (χ3v) is 4.13.